The van der Waals surface area contributed by atoms with Gasteiger partial charge in [0.2, 0.25) is 5.91 Å². The summed E-state index contributed by atoms with van der Waals surface area (Å²) in [6.07, 6.45) is 2.22. The number of nitrogens with zero attached hydrogens (tertiary/aromatic N) is 2. The smallest absolute Gasteiger partial charge is 0.242 e. The van der Waals surface area contributed by atoms with Gasteiger partial charge >= 0.3 is 0 Å². The van der Waals surface area contributed by atoms with Gasteiger partial charge in [-0.2, -0.15) is 0 Å². The van der Waals surface area contributed by atoms with Gasteiger partial charge in [-0.05, 0) is 29.5 Å². The molecule has 2 fully saturated rings. The van der Waals surface area contributed by atoms with Gasteiger partial charge in [0.05, 0.1) is 6.04 Å². The van der Waals surface area contributed by atoms with Gasteiger partial charge in [-0.15, -0.1) is 0 Å². The highest BCUT2D eigenvalue weighted by Crippen LogP contribution is 2.32. The van der Waals surface area contributed by atoms with Crippen LogP contribution in [0.3, 0.4) is 0 Å². The van der Waals surface area contributed by atoms with E-state index in [-0.39, 0.29) is 18.0 Å². The minimum Gasteiger partial charge on any atom is -0.352 e. The van der Waals surface area contributed by atoms with E-state index in [2.05, 4.69) is 87.9 Å². The molecule has 0 spiro atoms. The summed E-state index contributed by atoms with van der Waals surface area (Å²) in [6.45, 7) is 3.59. The lowest BCUT2D eigenvalue weighted by Gasteiger charge is -2.42. The van der Waals surface area contributed by atoms with Crippen molar-refractivity contribution in [3.8, 4) is 0 Å². The number of hydrogen-bond donors (Lipinski definition) is 1. The highest BCUT2D eigenvalue weighted by Gasteiger charge is 2.35. The highest BCUT2D eigenvalue weighted by atomic mass is 16.2. The van der Waals surface area contributed by atoms with Gasteiger partial charge in [-0.3, -0.25) is 14.6 Å². The number of benzene rings is 3. The van der Waals surface area contributed by atoms with Gasteiger partial charge < -0.3 is 5.32 Å². The van der Waals surface area contributed by atoms with Crippen LogP contribution in [-0.2, 0) is 4.79 Å². The van der Waals surface area contributed by atoms with Crippen LogP contribution in [0.2, 0.25) is 0 Å². The average Bonchev–Trinajstić information content (AvgIpc) is 3.67. The molecule has 1 aliphatic carbocycles. The van der Waals surface area contributed by atoms with Crippen molar-refractivity contribution >= 4 is 5.91 Å². The molecule has 1 heterocycles. The highest BCUT2D eigenvalue weighted by molar-refractivity contribution is 5.83. The summed E-state index contributed by atoms with van der Waals surface area (Å²) in [7, 11) is 0. The molecule has 5 rings (SSSR count). The first kappa shape index (κ1) is 20.9. The normalized spacial score (nSPS) is 18.4. The number of carbonyl (C=O) groups is 1. The molecular weight excluding hydrogens is 394 g/mol. The van der Waals surface area contributed by atoms with Crippen LogP contribution < -0.4 is 5.32 Å². The monoisotopic (exact) mass is 425 g/mol. The molecule has 0 bridgehead atoms. The fourth-order valence-electron chi connectivity index (χ4n) is 4.81. The van der Waals surface area contributed by atoms with Crippen molar-refractivity contribution in [1.29, 1.82) is 0 Å². The minimum atomic E-state index is -0.217. The summed E-state index contributed by atoms with van der Waals surface area (Å²) >= 11 is 0. The predicted molar refractivity (Wildman–Crippen MR) is 128 cm³/mol. The van der Waals surface area contributed by atoms with Crippen molar-refractivity contribution in [2.24, 2.45) is 0 Å². The van der Waals surface area contributed by atoms with E-state index >= 15 is 0 Å². The van der Waals surface area contributed by atoms with Crippen molar-refractivity contribution in [1.82, 2.24) is 15.1 Å². The fourth-order valence-corrected chi connectivity index (χ4v) is 4.81. The summed E-state index contributed by atoms with van der Waals surface area (Å²) in [5.41, 5.74) is 3.72. The van der Waals surface area contributed by atoms with Crippen LogP contribution in [0.25, 0.3) is 0 Å². The largest absolute Gasteiger partial charge is 0.352 e. The van der Waals surface area contributed by atoms with E-state index in [1.807, 2.05) is 18.2 Å². The molecule has 1 amide bonds. The number of piperazine rings is 1. The second-order valence-electron chi connectivity index (χ2n) is 8.89. The first-order valence-electron chi connectivity index (χ1n) is 11.7. The van der Waals surface area contributed by atoms with E-state index in [4.69, 9.17) is 0 Å². The lowest BCUT2D eigenvalue weighted by Crippen LogP contribution is -2.52. The van der Waals surface area contributed by atoms with E-state index in [0.717, 1.165) is 44.6 Å². The van der Waals surface area contributed by atoms with Gasteiger partial charge in [-0.1, -0.05) is 91.0 Å². The van der Waals surface area contributed by atoms with Gasteiger partial charge in [-0.25, -0.2) is 0 Å². The predicted octanol–water partition coefficient (Wildman–Crippen LogP) is 4.41. The third-order valence-electron chi connectivity index (χ3n) is 6.60. The van der Waals surface area contributed by atoms with E-state index in [1.165, 1.54) is 11.1 Å². The second kappa shape index (κ2) is 9.68. The van der Waals surface area contributed by atoms with Crippen molar-refractivity contribution in [2.75, 3.05) is 26.2 Å². The van der Waals surface area contributed by atoms with Crippen LogP contribution in [0.1, 0.15) is 41.6 Å². The Bertz CT molecular complexity index is 957. The molecule has 3 aromatic carbocycles. The van der Waals surface area contributed by atoms with Crippen molar-refractivity contribution in [2.45, 2.75) is 31.0 Å². The Balaban J connectivity index is 1.35. The molecule has 4 nitrogen and oxygen atoms in total. The fraction of sp³-hybridized carbons (Fsp3) is 0.321. The average molecular weight is 426 g/mol. The maximum Gasteiger partial charge on any atom is 0.242 e. The van der Waals surface area contributed by atoms with E-state index in [1.54, 1.807) is 0 Å². The molecule has 0 radical (unpaired) electrons. The number of rotatable bonds is 7. The minimum absolute atomic E-state index is 0.148. The van der Waals surface area contributed by atoms with Crippen LogP contribution in [0.15, 0.2) is 91.0 Å². The third-order valence-corrected chi connectivity index (χ3v) is 6.60. The van der Waals surface area contributed by atoms with Crippen molar-refractivity contribution in [3.63, 3.8) is 0 Å². The summed E-state index contributed by atoms with van der Waals surface area (Å²) in [4.78, 5) is 18.1. The zero-order chi connectivity index (χ0) is 21.8. The Morgan fingerprint density at radius 3 is 1.56 bits per heavy atom. The Morgan fingerprint density at radius 2 is 1.09 bits per heavy atom. The van der Waals surface area contributed by atoms with E-state index in [0.29, 0.717) is 6.04 Å². The Kier molecular flexibility index (Phi) is 6.33. The lowest BCUT2D eigenvalue weighted by molar-refractivity contribution is -0.127. The number of amides is 1. The summed E-state index contributed by atoms with van der Waals surface area (Å²) < 4.78 is 0. The first-order valence-corrected chi connectivity index (χ1v) is 11.7. The first-order chi connectivity index (χ1) is 15.8. The molecule has 1 aliphatic heterocycles. The summed E-state index contributed by atoms with van der Waals surface area (Å²) in [5, 5.41) is 3.24. The zero-order valence-electron chi connectivity index (χ0n) is 18.4. The standard InChI is InChI=1S/C28H31N3O/c32-28(29-25-16-17-25)27(24-14-8-3-9-15-24)31-20-18-30(19-21-31)26(22-10-4-1-5-11-22)23-12-6-2-7-13-23/h1-15,25-27H,16-21H2,(H,29,32)/t27-/m1/s1. The molecule has 1 saturated carbocycles. The number of hydrogen-bond acceptors (Lipinski definition) is 3. The molecule has 1 N–H and O–H groups in total. The molecule has 0 aromatic heterocycles. The van der Waals surface area contributed by atoms with Crippen molar-refractivity contribution < 1.29 is 4.79 Å². The van der Waals surface area contributed by atoms with Gasteiger partial charge in [0.25, 0.3) is 0 Å². The molecule has 1 atom stereocenters. The topological polar surface area (TPSA) is 35.6 Å². The van der Waals surface area contributed by atoms with Gasteiger partial charge in [0.15, 0.2) is 0 Å². The molecule has 3 aromatic rings. The zero-order valence-corrected chi connectivity index (χ0v) is 18.4. The molecule has 32 heavy (non-hydrogen) atoms. The molecule has 4 heteroatoms. The lowest BCUT2D eigenvalue weighted by atomic mass is 9.96. The molecule has 0 unspecified atom stereocenters. The number of carbonyl (C=O) groups excluding carboxylic acids is 1. The summed E-state index contributed by atoms with van der Waals surface area (Å²) in [5.74, 6) is 0.148. The maximum atomic E-state index is 13.2. The SMILES string of the molecule is O=C(NC1CC1)[C@@H](c1ccccc1)N1CCN(C(c2ccccc2)c2ccccc2)CC1. The Morgan fingerprint density at radius 1 is 0.656 bits per heavy atom. The van der Waals surface area contributed by atoms with Crippen molar-refractivity contribution in [3.05, 3.63) is 108 Å². The Labute approximate surface area is 190 Å². The molecule has 2 aliphatic rings. The van der Waals surface area contributed by atoms with Crippen LogP contribution in [-0.4, -0.2) is 47.9 Å². The quantitative estimate of drug-likeness (QED) is 0.609. The Hall–Kier alpha value is -2.95. The number of nitrogens with one attached hydrogen (secondary N) is 1. The van der Waals surface area contributed by atoms with E-state index in [9.17, 15) is 4.79 Å². The van der Waals surface area contributed by atoms with Crippen LogP contribution >= 0.6 is 0 Å². The van der Waals surface area contributed by atoms with Crippen LogP contribution in [0, 0.1) is 0 Å². The van der Waals surface area contributed by atoms with Crippen LogP contribution in [0.4, 0.5) is 0 Å². The third kappa shape index (κ3) is 4.77. The molecular formula is C28H31N3O. The second-order valence-corrected chi connectivity index (χ2v) is 8.89. The summed E-state index contributed by atoms with van der Waals surface area (Å²) in [6, 6.07) is 32.2. The maximum absolute atomic E-state index is 13.2. The van der Waals surface area contributed by atoms with Crippen LogP contribution in [0.5, 0.6) is 0 Å². The molecule has 1 saturated heterocycles. The van der Waals surface area contributed by atoms with Gasteiger partial charge in [0.1, 0.15) is 6.04 Å². The van der Waals surface area contributed by atoms with E-state index < -0.39 is 0 Å². The van der Waals surface area contributed by atoms with Gasteiger partial charge in [0, 0.05) is 32.2 Å². The molecule has 164 valence electrons.